The van der Waals surface area contributed by atoms with E-state index in [0.717, 1.165) is 11.6 Å². The molecule has 168 valence electrons. The van der Waals surface area contributed by atoms with E-state index >= 15 is 0 Å². The van der Waals surface area contributed by atoms with Crippen LogP contribution in [0, 0.1) is 6.92 Å². The normalized spacial score (nSPS) is 12.4. The molecule has 0 radical (unpaired) electrons. The third-order valence-electron chi connectivity index (χ3n) is 4.34. The van der Waals surface area contributed by atoms with E-state index in [2.05, 4.69) is 0 Å². The van der Waals surface area contributed by atoms with Gasteiger partial charge in [0, 0.05) is 22.3 Å². The monoisotopic (exact) mass is 473 g/mol. The van der Waals surface area contributed by atoms with Crippen molar-refractivity contribution in [2.24, 2.45) is 0 Å². The number of carbonyl (C=O) groups is 1. The molecule has 0 aliphatic rings. The highest BCUT2D eigenvalue weighted by molar-refractivity contribution is 6.31. The largest absolute Gasteiger partial charge is 0.457 e. The maximum absolute atomic E-state index is 12.9. The molecule has 1 N–H and O–H groups in total. The van der Waals surface area contributed by atoms with Crippen LogP contribution in [0.15, 0.2) is 59.0 Å². The van der Waals surface area contributed by atoms with Crippen molar-refractivity contribution in [1.29, 1.82) is 0 Å². The third-order valence-corrected chi connectivity index (χ3v) is 4.74. The maximum atomic E-state index is 12.9. The Labute approximate surface area is 183 Å². The molecule has 3 aromatic rings. The highest BCUT2D eigenvalue weighted by atomic mass is 35.5. The molecular formula is C22H14ClF6NO2. The van der Waals surface area contributed by atoms with E-state index in [0.29, 0.717) is 28.5 Å². The van der Waals surface area contributed by atoms with Crippen LogP contribution in [0.25, 0.3) is 17.4 Å². The molecule has 0 saturated carbocycles. The summed E-state index contributed by atoms with van der Waals surface area (Å²) in [5.41, 5.74) is -2.13. The van der Waals surface area contributed by atoms with Gasteiger partial charge in [-0.2, -0.15) is 26.3 Å². The van der Waals surface area contributed by atoms with Crippen LogP contribution in [0.4, 0.5) is 32.0 Å². The Kier molecular flexibility index (Phi) is 6.41. The quantitative estimate of drug-likeness (QED) is 0.313. The second-order valence-corrected chi connectivity index (χ2v) is 7.19. The predicted molar refractivity (Wildman–Crippen MR) is 108 cm³/mol. The number of alkyl halides is 6. The number of hydrogen-bond donors (Lipinski definition) is 1. The van der Waals surface area contributed by atoms with E-state index in [9.17, 15) is 31.1 Å². The lowest BCUT2D eigenvalue weighted by atomic mass is 10.1. The summed E-state index contributed by atoms with van der Waals surface area (Å²) in [5.74, 6) is -0.236. The number of rotatable bonds is 4. The number of anilines is 1. The van der Waals surface area contributed by atoms with E-state index in [1.807, 2.05) is 12.2 Å². The van der Waals surface area contributed by atoms with E-state index < -0.39 is 35.1 Å². The number of nitrogens with one attached hydrogen (secondary N) is 1. The van der Waals surface area contributed by atoms with Gasteiger partial charge in [0.2, 0.25) is 5.91 Å². The maximum Gasteiger partial charge on any atom is 0.416 e. The van der Waals surface area contributed by atoms with Crippen molar-refractivity contribution >= 4 is 29.3 Å². The van der Waals surface area contributed by atoms with E-state index in [4.69, 9.17) is 16.0 Å². The average Bonchev–Trinajstić information content (AvgIpc) is 3.16. The minimum atomic E-state index is -5.01. The van der Waals surface area contributed by atoms with Gasteiger partial charge < -0.3 is 9.73 Å². The van der Waals surface area contributed by atoms with E-state index in [-0.39, 0.29) is 11.8 Å². The Morgan fingerprint density at radius 2 is 1.56 bits per heavy atom. The minimum Gasteiger partial charge on any atom is -0.457 e. The van der Waals surface area contributed by atoms with Crippen LogP contribution in [0.3, 0.4) is 0 Å². The lowest BCUT2D eigenvalue weighted by Crippen LogP contribution is -2.14. The lowest BCUT2D eigenvalue weighted by Gasteiger charge is -2.14. The molecule has 3 rings (SSSR count). The summed E-state index contributed by atoms with van der Waals surface area (Å²) in [6.45, 7) is 1.84. The van der Waals surface area contributed by atoms with Crippen molar-refractivity contribution in [3.05, 3.63) is 82.1 Å². The smallest absolute Gasteiger partial charge is 0.416 e. The first-order valence-corrected chi connectivity index (χ1v) is 9.35. The topological polar surface area (TPSA) is 42.2 Å². The van der Waals surface area contributed by atoms with Crippen LogP contribution in [0.1, 0.15) is 22.5 Å². The van der Waals surface area contributed by atoms with E-state index in [1.54, 1.807) is 30.3 Å². The Hall–Kier alpha value is -3.20. The highest BCUT2D eigenvalue weighted by Gasteiger charge is 2.37. The summed E-state index contributed by atoms with van der Waals surface area (Å²) in [6.07, 6.45) is -7.87. The van der Waals surface area contributed by atoms with Crippen LogP contribution in [0.5, 0.6) is 0 Å². The lowest BCUT2D eigenvalue weighted by molar-refractivity contribution is -0.143. The second-order valence-electron chi connectivity index (χ2n) is 6.78. The predicted octanol–water partition coefficient (Wildman–Crippen LogP) is 7.60. The third kappa shape index (κ3) is 5.73. The van der Waals surface area contributed by atoms with Crippen molar-refractivity contribution in [2.75, 3.05) is 5.32 Å². The second kappa shape index (κ2) is 8.74. The zero-order chi connectivity index (χ0) is 23.7. The fourth-order valence-corrected chi connectivity index (χ4v) is 2.89. The molecule has 1 amide bonds. The van der Waals surface area contributed by atoms with Crippen LogP contribution in [-0.4, -0.2) is 5.91 Å². The number of halogens is 7. The number of carbonyl (C=O) groups excluding carboxylic acids is 1. The first-order valence-electron chi connectivity index (χ1n) is 8.98. The zero-order valence-electron chi connectivity index (χ0n) is 16.2. The van der Waals surface area contributed by atoms with Crippen LogP contribution in [-0.2, 0) is 17.1 Å². The van der Waals surface area contributed by atoms with Crippen LogP contribution in [0.2, 0.25) is 5.02 Å². The number of furan rings is 1. The van der Waals surface area contributed by atoms with Crippen molar-refractivity contribution in [3.8, 4) is 11.3 Å². The first kappa shape index (κ1) is 23.5. The van der Waals surface area contributed by atoms with Crippen molar-refractivity contribution < 1.29 is 35.6 Å². The summed E-state index contributed by atoms with van der Waals surface area (Å²) in [7, 11) is 0. The molecule has 0 bridgehead atoms. The number of aryl methyl sites for hydroxylation is 1. The van der Waals surface area contributed by atoms with Gasteiger partial charge in [-0.05, 0) is 55.0 Å². The molecule has 0 atom stereocenters. The molecule has 0 unspecified atom stereocenters. The molecule has 0 saturated heterocycles. The fraction of sp³-hybridized carbons (Fsp3) is 0.136. The molecular weight excluding hydrogens is 460 g/mol. The first-order chi connectivity index (χ1) is 14.8. The summed E-state index contributed by atoms with van der Waals surface area (Å²) in [6, 6.07) is 9.27. The van der Waals surface area contributed by atoms with Crippen molar-refractivity contribution in [2.45, 2.75) is 19.3 Å². The molecule has 0 aliphatic carbocycles. The highest BCUT2D eigenvalue weighted by Crippen LogP contribution is 2.37. The summed E-state index contributed by atoms with van der Waals surface area (Å²) >= 11 is 6.08. The van der Waals surface area contributed by atoms with Crippen molar-refractivity contribution in [3.63, 3.8) is 0 Å². The molecule has 1 heterocycles. The molecule has 1 aromatic heterocycles. The van der Waals surface area contributed by atoms with Gasteiger partial charge in [-0.3, -0.25) is 4.79 Å². The molecule has 32 heavy (non-hydrogen) atoms. The molecule has 2 aromatic carbocycles. The van der Waals surface area contributed by atoms with Gasteiger partial charge in [0.05, 0.1) is 11.1 Å². The summed E-state index contributed by atoms with van der Waals surface area (Å²) in [4.78, 5) is 12.0. The minimum absolute atomic E-state index is 0.0206. The summed E-state index contributed by atoms with van der Waals surface area (Å²) in [5, 5.41) is 2.54. The van der Waals surface area contributed by atoms with Gasteiger partial charge >= 0.3 is 12.4 Å². The molecule has 0 fully saturated rings. The number of benzene rings is 2. The van der Waals surface area contributed by atoms with Gasteiger partial charge in [0.25, 0.3) is 0 Å². The number of amides is 1. The fourth-order valence-electron chi connectivity index (χ4n) is 2.71. The summed E-state index contributed by atoms with van der Waals surface area (Å²) < 4.78 is 83.1. The molecule has 10 heteroatoms. The molecule has 3 nitrogen and oxygen atoms in total. The van der Waals surface area contributed by atoms with E-state index in [1.165, 1.54) is 6.08 Å². The zero-order valence-corrected chi connectivity index (χ0v) is 17.0. The Bertz CT molecular complexity index is 1150. The SMILES string of the molecule is Cc1ccc(-c2ccc(C=CC(=O)Nc3cc(C(F)(F)F)cc(C(F)(F)F)c3)o2)cc1Cl. The van der Waals surface area contributed by atoms with Gasteiger partial charge in [-0.1, -0.05) is 23.7 Å². The molecule has 0 spiro atoms. The van der Waals surface area contributed by atoms with Gasteiger partial charge in [0.1, 0.15) is 11.5 Å². The standard InChI is InChI=1S/C22H14ClF6NO2/c1-12-2-3-13(8-18(12)23)19-6-4-17(32-19)5-7-20(31)30-16-10-14(21(24,25)26)9-15(11-16)22(27,28)29/h2-11H,1H3,(H,30,31). The Morgan fingerprint density at radius 3 is 2.12 bits per heavy atom. The van der Waals surface area contributed by atoms with Crippen LogP contribution < -0.4 is 5.32 Å². The Balaban J connectivity index is 1.77. The Morgan fingerprint density at radius 1 is 0.938 bits per heavy atom. The number of hydrogen-bond acceptors (Lipinski definition) is 2. The van der Waals surface area contributed by atoms with Gasteiger partial charge in [0.15, 0.2) is 0 Å². The van der Waals surface area contributed by atoms with Crippen LogP contribution >= 0.6 is 11.6 Å². The molecule has 0 aliphatic heterocycles. The average molecular weight is 474 g/mol. The van der Waals surface area contributed by atoms with Crippen molar-refractivity contribution in [1.82, 2.24) is 0 Å². The van der Waals surface area contributed by atoms with Gasteiger partial charge in [-0.15, -0.1) is 0 Å². The van der Waals surface area contributed by atoms with Gasteiger partial charge in [-0.25, -0.2) is 0 Å².